The number of carbonyl (C=O) groups is 2. The Kier molecular flexibility index (Phi) is 6.60. The van der Waals surface area contributed by atoms with Crippen LogP contribution in [0.15, 0.2) is 24.3 Å². The van der Waals surface area contributed by atoms with Gasteiger partial charge in [0, 0.05) is 17.3 Å². The highest BCUT2D eigenvalue weighted by Crippen LogP contribution is 2.16. The average molecular weight is 288 g/mol. The lowest BCUT2D eigenvalue weighted by molar-refractivity contribution is -0.136. The summed E-state index contributed by atoms with van der Waals surface area (Å²) in [5.41, 5.74) is 1.06. The summed E-state index contributed by atoms with van der Waals surface area (Å²) >= 11 is 7.30. The molecule has 0 saturated carbocycles. The van der Waals surface area contributed by atoms with E-state index in [4.69, 9.17) is 16.7 Å². The van der Waals surface area contributed by atoms with Gasteiger partial charge in [-0.2, -0.15) is 0 Å². The van der Waals surface area contributed by atoms with E-state index >= 15 is 0 Å². The van der Waals surface area contributed by atoms with E-state index in [1.165, 1.54) is 11.8 Å². The van der Waals surface area contributed by atoms with Crippen molar-refractivity contribution in [3.63, 3.8) is 0 Å². The molecule has 0 atom stereocenters. The van der Waals surface area contributed by atoms with Crippen LogP contribution in [0.25, 0.3) is 0 Å². The molecule has 0 unspecified atom stereocenters. The minimum atomic E-state index is -0.915. The van der Waals surface area contributed by atoms with Crippen molar-refractivity contribution in [3.05, 3.63) is 34.9 Å². The van der Waals surface area contributed by atoms with Crippen LogP contribution in [0.1, 0.15) is 12.0 Å². The van der Waals surface area contributed by atoms with E-state index in [-0.39, 0.29) is 18.9 Å². The summed E-state index contributed by atoms with van der Waals surface area (Å²) in [6.45, 7) is 0.173. The van der Waals surface area contributed by atoms with Gasteiger partial charge in [-0.1, -0.05) is 23.7 Å². The molecule has 0 bridgehead atoms. The first kappa shape index (κ1) is 14.9. The maximum absolute atomic E-state index is 11.3. The van der Waals surface area contributed by atoms with Crippen molar-refractivity contribution in [2.45, 2.75) is 12.2 Å². The molecule has 0 aliphatic rings. The van der Waals surface area contributed by atoms with Crippen LogP contribution in [0.4, 0.5) is 0 Å². The van der Waals surface area contributed by atoms with Gasteiger partial charge in [0.25, 0.3) is 0 Å². The number of halogens is 1. The Labute approximate surface area is 115 Å². The summed E-state index contributed by atoms with van der Waals surface area (Å²) < 4.78 is 0. The molecule has 0 saturated heterocycles. The van der Waals surface area contributed by atoms with Gasteiger partial charge < -0.3 is 10.4 Å². The van der Waals surface area contributed by atoms with Gasteiger partial charge in [-0.15, -0.1) is 11.8 Å². The second-order valence-electron chi connectivity index (χ2n) is 3.62. The first-order chi connectivity index (χ1) is 8.58. The Morgan fingerprint density at radius 1 is 1.39 bits per heavy atom. The molecule has 0 aromatic heterocycles. The lowest BCUT2D eigenvalue weighted by Gasteiger charge is -2.04. The van der Waals surface area contributed by atoms with E-state index < -0.39 is 5.97 Å². The molecule has 1 aromatic rings. The Bertz CT molecular complexity index is 426. The molecule has 2 N–H and O–H groups in total. The number of hydrogen-bond acceptors (Lipinski definition) is 3. The van der Waals surface area contributed by atoms with Gasteiger partial charge in [0.1, 0.15) is 0 Å². The molecular weight excluding hydrogens is 274 g/mol. The van der Waals surface area contributed by atoms with Crippen molar-refractivity contribution >= 4 is 35.2 Å². The smallest absolute Gasteiger partial charge is 0.305 e. The first-order valence-corrected chi connectivity index (χ1v) is 6.92. The van der Waals surface area contributed by atoms with Crippen LogP contribution >= 0.6 is 23.4 Å². The standard InChI is InChI=1S/C12H14ClNO3S/c13-10-3-1-2-9(6-10)7-18-8-11(15)14-5-4-12(16)17/h1-3,6H,4-5,7-8H2,(H,14,15)(H,16,17). The molecule has 0 aliphatic carbocycles. The summed E-state index contributed by atoms with van der Waals surface area (Å²) in [5, 5.41) is 11.6. The second kappa shape index (κ2) is 8.00. The highest BCUT2D eigenvalue weighted by Gasteiger charge is 2.03. The third-order valence-corrected chi connectivity index (χ3v) is 3.29. The molecule has 4 nitrogen and oxygen atoms in total. The third-order valence-electron chi connectivity index (χ3n) is 2.05. The fourth-order valence-electron chi connectivity index (χ4n) is 1.25. The number of amides is 1. The zero-order chi connectivity index (χ0) is 13.4. The number of thioether (sulfide) groups is 1. The van der Waals surface area contributed by atoms with Crippen LogP contribution in [-0.2, 0) is 15.3 Å². The number of carbonyl (C=O) groups excluding carboxylic acids is 1. The van der Waals surface area contributed by atoms with Crippen LogP contribution in [0.2, 0.25) is 5.02 Å². The lowest BCUT2D eigenvalue weighted by Crippen LogP contribution is -2.27. The SMILES string of the molecule is O=C(O)CCNC(=O)CSCc1cccc(Cl)c1. The van der Waals surface area contributed by atoms with Gasteiger partial charge >= 0.3 is 5.97 Å². The quantitative estimate of drug-likeness (QED) is 0.806. The summed E-state index contributed by atoms with van der Waals surface area (Å²) in [7, 11) is 0. The van der Waals surface area contributed by atoms with Crippen molar-refractivity contribution in [3.8, 4) is 0 Å². The summed E-state index contributed by atoms with van der Waals surface area (Å²) in [6.07, 6.45) is -0.0509. The molecule has 0 heterocycles. The monoisotopic (exact) mass is 287 g/mol. The van der Waals surface area contributed by atoms with Gasteiger partial charge in [-0.3, -0.25) is 9.59 Å². The molecule has 1 rings (SSSR count). The second-order valence-corrected chi connectivity index (χ2v) is 5.04. The predicted octanol–water partition coefficient (Wildman–Crippen LogP) is 2.16. The van der Waals surface area contributed by atoms with Crippen LogP contribution in [0.5, 0.6) is 0 Å². The minimum Gasteiger partial charge on any atom is -0.481 e. The largest absolute Gasteiger partial charge is 0.481 e. The van der Waals surface area contributed by atoms with Crippen LogP contribution in [-0.4, -0.2) is 29.3 Å². The van der Waals surface area contributed by atoms with Gasteiger partial charge in [-0.05, 0) is 17.7 Å². The lowest BCUT2D eigenvalue weighted by atomic mass is 10.2. The molecule has 0 radical (unpaired) electrons. The van der Waals surface area contributed by atoms with Crippen LogP contribution in [0, 0.1) is 0 Å². The van der Waals surface area contributed by atoms with Gasteiger partial charge in [0.15, 0.2) is 0 Å². The van der Waals surface area contributed by atoms with E-state index in [2.05, 4.69) is 5.32 Å². The summed E-state index contributed by atoms with van der Waals surface area (Å²) in [5.74, 6) is -0.0517. The number of nitrogens with one attached hydrogen (secondary N) is 1. The number of carboxylic acid groups (broad SMARTS) is 1. The molecule has 6 heteroatoms. The summed E-state index contributed by atoms with van der Waals surface area (Å²) in [4.78, 5) is 21.6. The number of carboxylic acids is 1. The van der Waals surface area contributed by atoms with Crippen LogP contribution < -0.4 is 5.32 Å². The summed E-state index contributed by atoms with van der Waals surface area (Å²) in [6, 6.07) is 7.47. The maximum atomic E-state index is 11.3. The zero-order valence-electron chi connectivity index (χ0n) is 9.69. The van der Waals surface area contributed by atoms with E-state index in [0.29, 0.717) is 16.5 Å². The molecule has 1 aromatic carbocycles. The minimum absolute atomic E-state index is 0.0509. The molecule has 0 aliphatic heterocycles. The Balaban J connectivity index is 2.17. The highest BCUT2D eigenvalue weighted by molar-refractivity contribution is 7.99. The van der Waals surface area contributed by atoms with Crippen molar-refractivity contribution in [2.24, 2.45) is 0 Å². The number of hydrogen-bond donors (Lipinski definition) is 2. The molecule has 1 amide bonds. The molecule has 18 heavy (non-hydrogen) atoms. The number of benzene rings is 1. The topological polar surface area (TPSA) is 66.4 Å². The number of aliphatic carboxylic acids is 1. The van der Waals surface area contributed by atoms with E-state index in [9.17, 15) is 9.59 Å². The zero-order valence-corrected chi connectivity index (χ0v) is 11.3. The predicted molar refractivity (Wildman–Crippen MR) is 72.9 cm³/mol. The van der Waals surface area contributed by atoms with Crippen molar-refractivity contribution in [2.75, 3.05) is 12.3 Å². The van der Waals surface area contributed by atoms with E-state index in [1.807, 2.05) is 18.2 Å². The first-order valence-electron chi connectivity index (χ1n) is 5.38. The van der Waals surface area contributed by atoms with Crippen LogP contribution in [0.3, 0.4) is 0 Å². The molecule has 98 valence electrons. The third kappa shape index (κ3) is 6.51. The molecular formula is C12H14ClNO3S. The Hall–Kier alpha value is -1.20. The fourth-order valence-corrected chi connectivity index (χ4v) is 2.27. The van der Waals surface area contributed by atoms with E-state index in [1.54, 1.807) is 6.07 Å². The molecule has 0 spiro atoms. The number of rotatable bonds is 7. The average Bonchev–Trinajstić information content (AvgIpc) is 2.28. The fraction of sp³-hybridized carbons (Fsp3) is 0.333. The van der Waals surface area contributed by atoms with Gasteiger partial charge in [0.05, 0.1) is 12.2 Å². The van der Waals surface area contributed by atoms with E-state index in [0.717, 1.165) is 5.56 Å². The van der Waals surface area contributed by atoms with Crippen molar-refractivity contribution < 1.29 is 14.7 Å². The Morgan fingerprint density at radius 2 is 2.17 bits per heavy atom. The van der Waals surface area contributed by atoms with Gasteiger partial charge in [-0.25, -0.2) is 0 Å². The highest BCUT2D eigenvalue weighted by atomic mass is 35.5. The van der Waals surface area contributed by atoms with Gasteiger partial charge in [0.2, 0.25) is 5.91 Å². The van der Waals surface area contributed by atoms with Crippen molar-refractivity contribution in [1.82, 2.24) is 5.32 Å². The maximum Gasteiger partial charge on any atom is 0.305 e. The van der Waals surface area contributed by atoms with Crippen molar-refractivity contribution in [1.29, 1.82) is 0 Å². The Morgan fingerprint density at radius 3 is 2.83 bits per heavy atom. The molecule has 0 fully saturated rings. The normalized spacial score (nSPS) is 10.1.